The molecule has 0 saturated carbocycles. The number of rotatable bonds is 13. The Labute approximate surface area is 235 Å². The van der Waals surface area contributed by atoms with Gasteiger partial charge in [0.2, 0.25) is 11.8 Å². The van der Waals surface area contributed by atoms with E-state index in [9.17, 15) is 24.0 Å². The summed E-state index contributed by atoms with van der Waals surface area (Å²) in [6, 6.07) is 10.2. The Balaban J connectivity index is 1.91. The second-order valence-electron chi connectivity index (χ2n) is 8.82. The van der Waals surface area contributed by atoms with Gasteiger partial charge in [0.15, 0.2) is 0 Å². The number of benzene rings is 1. The van der Waals surface area contributed by atoms with Crippen LogP contribution in [0.25, 0.3) is 0 Å². The van der Waals surface area contributed by atoms with Gasteiger partial charge in [0.05, 0.1) is 13.2 Å². The fourth-order valence-corrected chi connectivity index (χ4v) is 4.07. The molecule has 3 amide bonds. The van der Waals surface area contributed by atoms with E-state index in [4.69, 9.17) is 22.1 Å². The van der Waals surface area contributed by atoms with Gasteiger partial charge in [-0.3, -0.25) is 24.2 Å². The van der Waals surface area contributed by atoms with Crippen LogP contribution in [-0.4, -0.2) is 53.2 Å². The number of amides is 3. The number of halogens is 1. The molecule has 2 atom stereocenters. The molecule has 0 spiro atoms. The Morgan fingerprint density at radius 3 is 2.58 bits per heavy atom. The monoisotopic (exact) mass is 567 g/mol. The summed E-state index contributed by atoms with van der Waals surface area (Å²) in [4.78, 5) is 67.0. The van der Waals surface area contributed by atoms with E-state index in [2.05, 4.69) is 15.6 Å². The molecule has 11 nitrogen and oxygen atoms in total. The van der Waals surface area contributed by atoms with Crippen molar-refractivity contribution in [1.82, 2.24) is 9.88 Å². The Kier molecular flexibility index (Phi) is 11.0. The van der Waals surface area contributed by atoms with E-state index in [1.165, 1.54) is 35.0 Å². The number of nitrogens with zero attached hydrogens (tertiary/aromatic N) is 2. The van der Waals surface area contributed by atoms with Crippen molar-refractivity contribution in [2.75, 3.05) is 18.5 Å². The average Bonchev–Trinajstić information content (AvgIpc) is 3.37. The van der Waals surface area contributed by atoms with Crippen LogP contribution in [0.5, 0.6) is 0 Å². The molecule has 4 N–H and O–H groups in total. The summed E-state index contributed by atoms with van der Waals surface area (Å²) in [6.45, 7) is 2.02. The van der Waals surface area contributed by atoms with E-state index in [0.717, 1.165) is 11.6 Å². The third kappa shape index (κ3) is 8.77. The lowest BCUT2D eigenvalue weighted by Crippen LogP contribution is -2.43. The molecule has 0 radical (unpaired) electrons. The number of anilines is 1. The highest BCUT2D eigenvalue weighted by Crippen LogP contribution is 2.16. The maximum atomic E-state index is 13.6. The van der Waals surface area contributed by atoms with Crippen LogP contribution in [0.2, 0.25) is 0 Å². The quantitative estimate of drug-likeness (QED) is 0.248. The summed E-state index contributed by atoms with van der Waals surface area (Å²) in [5.74, 6) is -2.34. The second kappa shape index (κ2) is 14.6. The van der Waals surface area contributed by atoms with Gasteiger partial charge in [0, 0.05) is 36.2 Å². The number of ether oxygens (including phenoxy) is 1. The number of carbonyl (C=O) groups is 4. The molecular formula is C28H30ClN5O6. The average molecular weight is 568 g/mol. The minimum Gasteiger partial charge on any atom is -0.463 e. The Morgan fingerprint density at radius 1 is 1.18 bits per heavy atom. The van der Waals surface area contributed by atoms with E-state index in [1.54, 1.807) is 6.92 Å². The summed E-state index contributed by atoms with van der Waals surface area (Å²) in [7, 11) is 0. The lowest BCUT2D eigenvalue weighted by atomic mass is 10.0. The van der Waals surface area contributed by atoms with Crippen molar-refractivity contribution in [1.29, 1.82) is 0 Å². The van der Waals surface area contributed by atoms with Gasteiger partial charge in [-0.25, -0.2) is 4.79 Å². The first kappa shape index (κ1) is 30.0. The smallest absolute Gasteiger partial charge is 0.330 e. The third-order valence-electron chi connectivity index (χ3n) is 5.84. The van der Waals surface area contributed by atoms with Gasteiger partial charge < -0.3 is 25.7 Å². The van der Waals surface area contributed by atoms with Gasteiger partial charge in [0.1, 0.15) is 17.4 Å². The number of hydrogen-bond acceptors (Lipinski definition) is 7. The molecule has 2 heterocycles. The van der Waals surface area contributed by atoms with Crippen molar-refractivity contribution < 1.29 is 23.9 Å². The van der Waals surface area contributed by atoms with Gasteiger partial charge in [-0.1, -0.05) is 48.0 Å². The lowest BCUT2D eigenvalue weighted by Gasteiger charge is -2.23. The molecule has 1 aliphatic heterocycles. The summed E-state index contributed by atoms with van der Waals surface area (Å²) in [6.07, 6.45) is 5.65. The highest BCUT2D eigenvalue weighted by molar-refractivity contribution is 6.50. The number of pyridine rings is 1. The van der Waals surface area contributed by atoms with Crippen LogP contribution in [0.15, 0.2) is 81.7 Å². The minimum atomic E-state index is -1.04. The molecule has 0 fully saturated rings. The van der Waals surface area contributed by atoms with E-state index in [0.29, 0.717) is 5.03 Å². The SMILES string of the molecule is CCOC(=O)/C=C/[C@H](CCC(N)=O)NC(=O)[C@H](Cc1ccccc1)n1cccc(NC(=O)C2=NCC(Cl)=C2)c1=O. The van der Waals surface area contributed by atoms with E-state index < -0.39 is 41.3 Å². The maximum absolute atomic E-state index is 13.6. The number of primary amides is 1. The van der Waals surface area contributed by atoms with E-state index in [-0.39, 0.29) is 43.8 Å². The van der Waals surface area contributed by atoms with Crippen LogP contribution in [0.4, 0.5) is 5.69 Å². The van der Waals surface area contributed by atoms with Crippen molar-refractivity contribution in [3.05, 3.63) is 87.8 Å². The number of esters is 1. The van der Waals surface area contributed by atoms with Crippen LogP contribution < -0.4 is 21.9 Å². The van der Waals surface area contributed by atoms with Crippen LogP contribution in [0.3, 0.4) is 0 Å². The molecule has 0 unspecified atom stereocenters. The largest absolute Gasteiger partial charge is 0.463 e. The first-order valence-electron chi connectivity index (χ1n) is 12.6. The molecule has 0 saturated heterocycles. The molecule has 40 heavy (non-hydrogen) atoms. The first-order valence-corrected chi connectivity index (χ1v) is 13.0. The number of hydrogen-bond donors (Lipinski definition) is 3. The number of nitrogens with one attached hydrogen (secondary N) is 2. The molecule has 3 rings (SSSR count). The summed E-state index contributed by atoms with van der Waals surface area (Å²) < 4.78 is 6.11. The standard InChI is InChI=1S/C28H30ClN5O6/c1-2-40-25(36)13-11-20(10-12-24(30)35)32-27(38)23(15-18-7-4-3-5-8-18)34-14-6-9-21(28(34)39)33-26(37)22-16-19(29)17-31-22/h3-9,11,13-14,16,20,23H,2,10,12,15,17H2,1H3,(H2,30,35)(H,32,38)(H,33,37)/b13-11+/t20-,23-/m0/s1. The van der Waals surface area contributed by atoms with E-state index >= 15 is 0 Å². The molecule has 1 aromatic heterocycles. The fraction of sp³-hybridized carbons (Fsp3) is 0.286. The van der Waals surface area contributed by atoms with Crippen LogP contribution in [0, 0.1) is 0 Å². The molecule has 12 heteroatoms. The summed E-state index contributed by atoms with van der Waals surface area (Å²) in [5.41, 5.74) is 5.49. The third-order valence-corrected chi connectivity index (χ3v) is 6.07. The van der Waals surface area contributed by atoms with Crippen LogP contribution >= 0.6 is 11.6 Å². The molecule has 1 aromatic carbocycles. The fourth-order valence-electron chi connectivity index (χ4n) is 3.91. The van der Waals surface area contributed by atoms with E-state index in [1.807, 2.05) is 30.3 Å². The number of aliphatic imine (C=N–C) groups is 1. The Bertz CT molecular complexity index is 1400. The van der Waals surface area contributed by atoms with Crippen LogP contribution in [0.1, 0.15) is 31.4 Å². The topological polar surface area (TPSA) is 162 Å². The van der Waals surface area contributed by atoms with Crippen molar-refractivity contribution in [3.8, 4) is 0 Å². The zero-order valence-electron chi connectivity index (χ0n) is 21.8. The van der Waals surface area contributed by atoms with Crippen molar-refractivity contribution in [3.63, 3.8) is 0 Å². The number of carbonyl (C=O) groups excluding carboxylic acids is 4. The number of aromatic nitrogens is 1. The molecule has 210 valence electrons. The zero-order chi connectivity index (χ0) is 29.1. The second-order valence-corrected chi connectivity index (χ2v) is 9.30. The maximum Gasteiger partial charge on any atom is 0.330 e. The minimum absolute atomic E-state index is 0.0503. The zero-order valence-corrected chi connectivity index (χ0v) is 22.6. The Morgan fingerprint density at radius 2 is 1.93 bits per heavy atom. The lowest BCUT2D eigenvalue weighted by molar-refractivity contribution is -0.137. The molecule has 2 aromatic rings. The van der Waals surface area contributed by atoms with Crippen molar-refractivity contribution in [2.45, 2.75) is 38.3 Å². The van der Waals surface area contributed by atoms with Gasteiger partial charge in [-0.15, -0.1) is 0 Å². The summed E-state index contributed by atoms with van der Waals surface area (Å²) in [5, 5.41) is 5.73. The molecule has 1 aliphatic rings. The predicted octanol–water partition coefficient (Wildman–Crippen LogP) is 2.02. The Hall–Kier alpha value is -4.51. The number of nitrogens with two attached hydrogens (primary N) is 1. The molecule has 0 aliphatic carbocycles. The first-order chi connectivity index (χ1) is 19.2. The van der Waals surface area contributed by atoms with Crippen LogP contribution in [-0.2, 0) is 30.3 Å². The normalized spacial score (nSPS) is 14.2. The van der Waals surface area contributed by atoms with Gasteiger partial charge >= 0.3 is 5.97 Å². The van der Waals surface area contributed by atoms with Crippen molar-refractivity contribution in [2.24, 2.45) is 10.7 Å². The highest BCUT2D eigenvalue weighted by Gasteiger charge is 2.26. The van der Waals surface area contributed by atoms with Gasteiger partial charge in [-0.2, -0.15) is 0 Å². The predicted molar refractivity (Wildman–Crippen MR) is 151 cm³/mol. The van der Waals surface area contributed by atoms with Gasteiger partial charge in [0.25, 0.3) is 11.5 Å². The van der Waals surface area contributed by atoms with Gasteiger partial charge in [-0.05, 0) is 37.1 Å². The van der Waals surface area contributed by atoms with Crippen molar-refractivity contribution >= 4 is 46.7 Å². The highest BCUT2D eigenvalue weighted by atomic mass is 35.5. The molecule has 0 bridgehead atoms. The summed E-state index contributed by atoms with van der Waals surface area (Å²) >= 11 is 5.90. The molecular weight excluding hydrogens is 538 g/mol.